The van der Waals surface area contributed by atoms with Crippen LogP contribution >= 0.6 is 15.9 Å². The van der Waals surface area contributed by atoms with Gasteiger partial charge in [-0.1, -0.05) is 29.8 Å². The van der Waals surface area contributed by atoms with Gasteiger partial charge in [-0.3, -0.25) is 9.48 Å². The highest BCUT2D eigenvalue weighted by Gasteiger charge is 2.19. The number of alkyl halides is 1. The largest absolute Gasteiger partial charge is 0.349 e. The summed E-state index contributed by atoms with van der Waals surface area (Å²) < 4.78 is 1.67. The molecule has 0 fully saturated rings. The van der Waals surface area contributed by atoms with Crippen LogP contribution in [0.4, 0.5) is 0 Å². The maximum Gasteiger partial charge on any atom is 0.254 e. The molecule has 0 aliphatic rings. The highest BCUT2D eigenvalue weighted by molar-refractivity contribution is 9.09. The first-order valence-electron chi connectivity index (χ1n) is 5.82. The van der Waals surface area contributed by atoms with E-state index in [9.17, 15) is 4.79 Å². The molecule has 0 aromatic carbocycles. The van der Waals surface area contributed by atoms with Crippen molar-refractivity contribution in [2.24, 2.45) is 13.0 Å². The van der Waals surface area contributed by atoms with Crippen LogP contribution in [0.25, 0.3) is 0 Å². The molecule has 1 rings (SSSR count). The van der Waals surface area contributed by atoms with Crippen molar-refractivity contribution in [1.29, 1.82) is 0 Å². The average Bonchev–Trinajstić information content (AvgIpc) is 2.57. The lowest BCUT2D eigenvalue weighted by Crippen LogP contribution is -2.39. The van der Waals surface area contributed by atoms with E-state index in [4.69, 9.17) is 0 Å². The Labute approximate surface area is 111 Å². The summed E-state index contributed by atoms with van der Waals surface area (Å²) in [7, 11) is 1.82. The molecule has 1 aromatic heterocycles. The van der Waals surface area contributed by atoms with Crippen LogP contribution in [0.1, 0.15) is 36.3 Å². The molecule has 96 valence electrons. The number of aryl methyl sites for hydroxylation is 2. The van der Waals surface area contributed by atoms with Crippen molar-refractivity contribution in [3.63, 3.8) is 0 Å². The van der Waals surface area contributed by atoms with Gasteiger partial charge in [-0.15, -0.1) is 0 Å². The SMILES string of the molecule is Cc1nn(C)cc1C(=O)NC(CCBr)C(C)C. The highest BCUT2D eigenvalue weighted by Crippen LogP contribution is 2.11. The zero-order valence-corrected chi connectivity index (χ0v) is 12.4. The molecule has 0 saturated carbocycles. The molecule has 4 nitrogen and oxygen atoms in total. The third kappa shape index (κ3) is 3.84. The molecule has 0 bridgehead atoms. The molecule has 1 atom stereocenters. The van der Waals surface area contributed by atoms with E-state index in [0.717, 1.165) is 17.4 Å². The molecule has 5 heteroatoms. The van der Waals surface area contributed by atoms with Gasteiger partial charge < -0.3 is 5.32 Å². The van der Waals surface area contributed by atoms with E-state index < -0.39 is 0 Å². The first-order chi connectivity index (χ1) is 7.95. The fraction of sp³-hybridized carbons (Fsp3) is 0.667. The quantitative estimate of drug-likeness (QED) is 0.848. The minimum atomic E-state index is -0.0322. The zero-order valence-electron chi connectivity index (χ0n) is 10.8. The minimum Gasteiger partial charge on any atom is -0.349 e. The summed E-state index contributed by atoms with van der Waals surface area (Å²) in [6, 6.07) is 0.196. The summed E-state index contributed by atoms with van der Waals surface area (Å²) >= 11 is 3.42. The number of nitrogens with one attached hydrogen (secondary N) is 1. The molecular weight excluding hydrogens is 282 g/mol. The van der Waals surface area contributed by atoms with Crippen LogP contribution in [0.3, 0.4) is 0 Å². The lowest BCUT2D eigenvalue weighted by Gasteiger charge is -2.21. The Kier molecular flexibility index (Phi) is 5.18. The third-order valence-electron chi connectivity index (χ3n) is 2.80. The van der Waals surface area contributed by atoms with Crippen LogP contribution in [0, 0.1) is 12.8 Å². The first kappa shape index (κ1) is 14.2. The van der Waals surface area contributed by atoms with E-state index in [0.29, 0.717) is 11.5 Å². The van der Waals surface area contributed by atoms with Crippen LogP contribution < -0.4 is 5.32 Å². The molecule has 17 heavy (non-hydrogen) atoms. The second kappa shape index (κ2) is 6.19. The van der Waals surface area contributed by atoms with E-state index in [1.54, 1.807) is 10.9 Å². The van der Waals surface area contributed by atoms with Crippen molar-refractivity contribution in [2.45, 2.75) is 33.2 Å². The van der Waals surface area contributed by atoms with Crippen molar-refractivity contribution in [1.82, 2.24) is 15.1 Å². The molecule has 1 N–H and O–H groups in total. The third-order valence-corrected chi connectivity index (χ3v) is 3.26. The van der Waals surface area contributed by atoms with Crippen molar-refractivity contribution < 1.29 is 4.79 Å². The van der Waals surface area contributed by atoms with Gasteiger partial charge in [-0.2, -0.15) is 5.10 Å². The van der Waals surface area contributed by atoms with Crippen molar-refractivity contribution in [3.8, 4) is 0 Å². The fourth-order valence-electron chi connectivity index (χ4n) is 1.76. The molecule has 1 amide bonds. The van der Waals surface area contributed by atoms with Crippen molar-refractivity contribution >= 4 is 21.8 Å². The predicted octanol–water partition coefficient (Wildman–Crippen LogP) is 2.27. The Morgan fingerprint density at radius 2 is 2.24 bits per heavy atom. The number of carbonyl (C=O) groups excluding carboxylic acids is 1. The topological polar surface area (TPSA) is 46.9 Å². The highest BCUT2D eigenvalue weighted by atomic mass is 79.9. The molecule has 0 radical (unpaired) electrons. The minimum absolute atomic E-state index is 0.0322. The molecule has 0 aliphatic carbocycles. The number of hydrogen-bond donors (Lipinski definition) is 1. The van der Waals surface area contributed by atoms with Gasteiger partial charge in [0.25, 0.3) is 5.91 Å². The Balaban J connectivity index is 2.73. The number of aromatic nitrogens is 2. The van der Waals surface area contributed by atoms with Gasteiger partial charge in [0.1, 0.15) is 0 Å². The Morgan fingerprint density at radius 3 is 2.65 bits per heavy atom. The van der Waals surface area contributed by atoms with Gasteiger partial charge in [0.15, 0.2) is 0 Å². The second-order valence-corrected chi connectivity index (χ2v) is 5.40. The molecule has 1 heterocycles. The lowest BCUT2D eigenvalue weighted by molar-refractivity contribution is 0.0924. The summed E-state index contributed by atoms with van der Waals surface area (Å²) in [5, 5.41) is 8.13. The number of nitrogens with zero attached hydrogens (tertiary/aromatic N) is 2. The number of hydrogen-bond acceptors (Lipinski definition) is 2. The predicted molar refractivity (Wildman–Crippen MR) is 72.4 cm³/mol. The molecule has 1 aromatic rings. The van der Waals surface area contributed by atoms with Crippen LogP contribution in [0.15, 0.2) is 6.20 Å². The zero-order chi connectivity index (χ0) is 13.0. The van der Waals surface area contributed by atoms with E-state index in [-0.39, 0.29) is 11.9 Å². The van der Waals surface area contributed by atoms with Crippen molar-refractivity contribution in [3.05, 3.63) is 17.5 Å². The smallest absolute Gasteiger partial charge is 0.254 e. The number of amides is 1. The molecule has 0 saturated heterocycles. The second-order valence-electron chi connectivity index (χ2n) is 4.60. The lowest BCUT2D eigenvalue weighted by atomic mass is 10.0. The normalized spacial score (nSPS) is 12.8. The number of rotatable bonds is 5. The van der Waals surface area contributed by atoms with Gasteiger partial charge in [0, 0.05) is 24.6 Å². The standard InChI is InChI=1S/C12H20BrN3O/c1-8(2)11(5-6-13)14-12(17)10-7-16(4)15-9(10)3/h7-8,11H,5-6H2,1-4H3,(H,14,17). The summed E-state index contributed by atoms with van der Waals surface area (Å²) in [6.07, 6.45) is 2.69. The molecule has 0 aliphatic heterocycles. The number of halogens is 1. The van der Waals surface area contributed by atoms with Crippen molar-refractivity contribution in [2.75, 3.05) is 5.33 Å². The van der Waals surface area contributed by atoms with Crippen LogP contribution in [-0.4, -0.2) is 27.1 Å². The van der Waals surface area contributed by atoms with Gasteiger partial charge in [0.05, 0.1) is 11.3 Å². The molecule has 1 unspecified atom stereocenters. The molecule has 0 spiro atoms. The van der Waals surface area contributed by atoms with Gasteiger partial charge >= 0.3 is 0 Å². The maximum atomic E-state index is 12.1. The van der Waals surface area contributed by atoms with E-state index in [1.165, 1.54) is 0 Å². The summed E-state index contributed by atoms with van der Waals surface area (Å²) in [6.45, 7) is 6.08. The Bertz CT molecular complexity index is 387. The first-order valence-corrected chi connectivity index (χ1v) is 6.95. The van der Waals surface area contributed by atoms with E-state index in [1.807, 2.05) is 14.0 Å². The van der Waals surface area contributed by atoms with Gasteiger partial charge in [-0.05, 0) is 19.3 Å². The summed E-state index contributed by atoms with van der Waals surface area (Å²) in [5.41, 5.74) is 1.43. The Morgan fingerprint density at radius 1 is 1.59 bits per heavy atom. The monoisotopic (exact) mass is 301 g/mol. The maximum absolute atomic E-state index is 12.1. The van der Waals surface area contributed by atoms with Crippen LogP contribution in [-0.2, 0) is 7.05 Å². The van der Waals surface area contributed by atoms with E-state index >= 15 is 0 Å². The van der Waals surface area contributed by atoms with Crippen LogP contribution in [0.2, 0.25) is 0 Å². The molecular formula is C12H20BrN3O. The van der Waals surface area contributed by atoms with Gasteiger partial charge in [-0.25, -0.2) is 0 Å². The fourth-order valence-corrected chi connectivity index (χ4v) is 2.25. The van der Waals surface area contributed by atoms with E-state index in [2.05, 4.69) is 40.2 Å². The average molecular weight is 302 g/mol. The summed E-state index contributed by atoms with van der Waals surface area (Å²) in [4.78, 5) is 12.1. The Hall–Kier alpha value is -0.840. The number of carbonyl (C=O) groups is 1. The van der Waals surface area contributed by atoms with Crippen LogP contribution in [0.5, 0.6) is 0 Å². The summed E-state index contributed by atoms with van der Waals surface area (Å²) in [5.74, 6) is 0.392. The van der Waals surface area contributed by atoms with Gasteiger partial charge in [0.2, 0.25) is 0 Å².